The first-order chi connectivity index (χ1) is 9.45. The van der Waals surface area contributed by atoms with Crippen molar-refractivity contribution in [3.63, 3.8) is 0 Å². The minimum absolute atomic E-state index is 0.223. The smallest absolute Gasteiger partial charge is 0.296 e. The van der Waals surface area contributed by atoms with Crippen LogP contribution in [0.2, 0.25) is 0 Å². The number of methoxy groups -OCH3 is 1. The topological polar surface area (TPSA) is 74.1 Å². The maximum Gasteiger partial charge on any atom is 0.296 e. The van der Waals surface area contributed by atoms with Gasteiger partial charge in [0.25, 0.3) is 14.2 Å². The van der Waals surface area contributed by atoms with E-state index in [-0.39, 0.29) is 5.16 Å². The molecule has 0 fully saturated rings. The van der Waals surface area contributed by atoms with Crippen molar-refractivity contribution in [1.82, 2.24) is 14.8 Å². The van der Waals surface area contributed by atoms with Crippen LogP contribution in [0.15, 0.2) is 29.4 Å². The minimum atomic E-state index is -3.89. The van der Waals surface area contributed by atoms with Gasteiger partial charge in [-0.05, 0) is 24.6 Å². The zero-order chi connectivity index (χ0) is 14.8. The Morgan fingerprint density at radius 2 is 2.10 bits per heavy atom. The van der Waals surface area contributed by atoms with Gasteiger partial charge in [0.15, 0.2) is 0 Å². The van der Waals surface area contributed by atoms with E-state index >= 15 is 0 Å². The molecular formula is C12H14ClN3O3S. The van der Waals surface area contributed by atoms with E-state index in [4.69, 9.17) is 15.4 Å². The summed E-state index contributed by atoms with van der Waals surface area (Å²) in [5.41, 5.74) is 0.949. The molecule has 0 saturated heterocycles. The first-order valence-electron chi connectivity index (χ1n) is 5.95. The zero-order valence-corrected chi connectivity index (χ0v) is 12.6. The fourth-order valence-corrected chi connectivity index (χ4v) is 2.89. The minimum Gasteiger partial charge on any atom is -0.497 e. The second kappa shape index (κ2) is 5.80. The van der Waals surface area contributed by atoms with E-state index in [2.05, 4.69) is 10.2 Å². The van der Waals surface area contributed by atoms with E-state index in [9.17, 15) is 8.42 Å². The molecule has 0 amide bonds. The average Bonchev–Trinajstić information content (AvgIpc) is 2.81. The standard InChI is InChI=1S/C12H14ClN3O3S/c1-3-16-11(14-15-12(16)20(13,17)18)8-9-5-4-6-10(7-9)19-2/h4-7H,3,8H2,1-2H3. The highest BCUT2D eigenvalue weighted by Crippen LogP contribution is 2.18. The number of hydrogen-bond donors (Lipinski definition) is 0. The SMILES string of the molecule is CCn1c(Cc2cccc(OC)c2)nnc1S(=O)(=O)Cl. The van der Waals surface area contributed by atoms with Gasteiger partial charge >= 0.3 is 0 Å². The van der Waals surface area contributed by atoms with Crippen LogP contribution in [0.3, 0.4) is 0 Å². The third-order valence-corrected chi connectivity index (χ3v) is 3.98. The molecule has 0 atom stereocenters. The predicted octanol–water partition coefficient (Wildman–Crippen LogP) is 1.82. The Hall–Kier alpha value is -1.60. The summed E-state index contributed by atoms with van der Waals surface area (Å²) in [6.07, 6.45) is 0.449. The van der Waals surface area contributed by atoms with Crippen LogP contribution in [-0.4, -0.2) is 30.3 Å². The quantitative estimate of drug-likeness (QED) is 0.787. The summed E-state index contributed by atoms with van der Waals surface area (Å²) in [5, 5.41) is 7.35. The van der Waals surface area contributed by atoms with Crippen molar-refractivity contribution in [1.29, 1.82) is 0 Å². The van der Waals surface area contributed by atoms with Gasteiger partial charge in [-0.2, -0.15) is 0 Å². The third kappa shape index (κ3) is 3.10. The van der Waals surface area contributed by atoms with Crippen molar-refractivity contribution in [2.75, 3.05) is 7.11 Å². The molecule has 8 heteroatoms. The van der Waals surface area contributed by atoms with Gasteiger partial charge in [-0.15, -0.1) is 10.2 Å². The molecule has 6 nitrogen and oxygen atoms in total. The number of halogens is 1. The zero-order valence-electron chi connectivity index (χ0n) is 11.1. The molecule has 108 valence electrons. The molecule has 0 bridgehead atoms. The summed E-state index contributed by atoms with van der Waals surface area (Å²) < 4.78 is 29.4. The van der Waals surface area contributed by atoms with E-state index in [1.165, 1.54) is 4.57 Å². The van der Waals surface area contributed by atoms with E-state index in [1.807, 2.05) is 31.2 Å². The number of rotatable bonds is 5. The molecule has 0 saturated carbocycles. The van der Waals surface area contributed by atoms with Gasteiger partial charge in [-0.1, -0.05) is 12.1 Å². The van der Waals surface area contributed by atoms with E-state index < -0.39 is 9.05 Å². The summed E-state index contributed by atoms with van der Waals surface area (Å²) in [7, 11) is 3.03. The monoisotopic (exact) mass is 315 g/mol. The van der Waals surface area contributed by atoms with Crippen LogP contribution in [0, 0.1) is 0 Å². The van der Waals surface area contributed by atoms with Gasteiger partial charge in [-0.3, -0.25) is 0 Å². The molecule has 1 aromatic carbocycles. The maximum atomic E-state index is 11.4. The Kier molecular flexibility index (Phi) is 4.29. The second-order valence-electron chi connectivity index (χ2n) is 4.11. The fourth-order valence-electron chi connectivity index (χ4n) is 1.91. The van der Waals surface area contributed by atoms with Crippen LogP contribution in [0.5, 0.6) is 5.75 Å². The summed E-state index contributed by atoms with van der Waals surface area (Å²) >= 11 is 0. The summed E-state index contributed by atoms with van der Waals surface area (Å²) in [6.45, 7) is 2.23. The molecule has 0 N–H and O–H groups in total. The normalized spacial score (nSPS) is 11.6. The van der Waals surface area contributed by atoms with Crippen molar-refractivity contribution < 1.29 is 13.2 Å². The van der Waals surface area contributed by atoms with Crippen LogP contribution in [0.25, 0.3) is 0 Å². The van der Waals surface area contributed by atoms with Crippen molar-refractivity contribution >= 4 is 19.7 Å². The van der Waals surface area contributed by atoms with E-state index in [1.54, 1.807) is 7.11 Å². The first kappa shape index (κ1) is 14.8. The number of ether oxygens (including phenoxy) is 1. The highest BCUT2D eigenvalue weighted by molar-refractivity contribution is 8.13. The van der Waals surface area contributed by atoms with Gasteiger partial charge in [0.2, 0.25) is 0 Å². The molecule has 2 rings (SSSR count). The Balaban J connectivity index is 2.36. The van der Waals surface area contributed by atoms with Gasteiger partial charge in [0.05, 0.1) is 7.11 Å². The number of aromatic nitrogens is 3. The molecule has 0 aliphatic rings. The number of benzene rings is 1. The highest BCUT2D eigenvalue weighted by Gasteiger charge is 2.21. The van der Waals surface area contributed by atoms with Gasteiger partial charge < -0.3 is 9.30 Å². The number of nitrogens with zero attached hydrogens (tertiary/aromatic N) is 3. The van der Waals surface area contributed by atoms with Crippen molar-refractivity contribution in [2.45, 2.75) is 25.0 Å². The molecule has 20 heavy (non-hydrogen) atoms. The molecular weight excluding hydrogens is 302 g/mol. The lowest BCUT2D eigenvalue weighted by atomic mass is 10.1. The van der Waals surface area contributed by atoms with Crippen molar-refractivity contribution in [3.05, 3.63) is 35.7 Å². The lowest BCUT2D eigenvalue weighted by Gasteiger charge is -2.07. The Bertz CT molecular complexity index is 712. The number of hydrogen-bond acceptors (Lipinski definition) is 5. The van der Waals surface area contributed by atoms with Crippen LogP contribution in [0.1, 0.15) is 18.3 Å². The highest BCUT2D eigenvalue weighted by atomic mass is 35.7. The lowest BCUT2D eigenvalue weighted by molar-refractivity contribution is 0.414. The van der Waals surface area contributed by atoms with Crippen LogP contribution in [0.4, 0.5) is 0 Å². The molecule has 2 aromatic rings. The van der Waals surface area contributed by atoms with Crippen LogP contribution in [-0.2, 0) is 22.0 Å². The summed E-state index contributed by atoms with van der Waals surface area (Å²) in [5.74, 6) is 1.27. The second-order valence-corrected chi connectivity index (χ2v) is 6.57. The van der Waals surface area contributed by atoms with Gasteiger partial charge in [-0.25, -0.2) is 8.42 Å². The van der Waals surface area contributed by atoms with Crippen LogP contribution >= 0.6 is 10.7 Å². The third-order valence-electron chi connectivity index (χ3n) is 2.82. The summed E-state index contributed by atoms with van der Waals surface area (Å²) in [6, 6.07) is 7.47. The summed E-state index contributed by atoms with van der Waals surface area (Å²) in [4.78, 5) is 0. The van der Waals surface area contributed by atoms with Crippen LogP contribution < -0.4 is 4.74 Å². The average molecular weight is 316 g/mol. The molecule has 0 aliphatic heterocycles. The van der Waals surface area contributed by atoms with E-state index in [0.717, 1.165) is 11.3 Å². The Morgan fingerprint density at radius 1 is 1.35 bits per heavy atom. The van der Waals surface area contributed by atoms with Gasteiger partial charge in [0, 0.05) is 23.6 Å². The van der Waals surface area contributed by atoms with E-state index in [0.29, 0.717) is 18.8 Å². The first-order valence-corrected chi connectivity index (χ1v) is 8.26. The Labute approximate surface area is 121 Å². The largest absolute Gasteiger partial charge is 0.497 e. The molecule has 0 unspecified atom stereocenters. The molecule has 1 aromatic heterocycles. The predicted molar refractivity (Wildman–Crippen MR) is 74.5 cm³/mol. The lowest BCUT2D eigenvalue weighted by Crippen LogP contribution is -2.08. The molecule has 0 spiro atoms. The fraction of sp³-hybridized carbons (Fsp3) is 0.333. The molecule has 0 radical (unpaired) electrons. The Morgan fingerprint density at radius 3 is 2.70 bits per heavy atom. The van der Waals surface area contributed by atoms with Gasteiger partial charge in [0.1, 0.15) is 11.6 Å². The molecule has 0 aliphatic carbocycles. The maximum absolute atomic E-state index is 11.4. The molecule has 1 heterocycles. The van der Waals surface area contributed by atoms with Crippen molar-refractivity contribution in [2.24, 2.45) is 0 Å². The van der Waals surface area contributed by atoms with Crippen molar-refractivity contribution in [3.8, 4) is 5.75 Å².